The maximum absolute atomic E-state index is 8.86. The Morgan fingerprint density at radius 1 is 1.39 bits per heavy atom. The van der Waals surface area contributed by atoms with E-state index in [1.54, 1.807) is 0 Å². The molecule has 0 aliphatic carbocycles. The number of benzene rings is 1. The van der Waals surface area contributed by atoms with E-state index in [2.05, 4.69) is 41.2 Å². The smallest absolute Gasteiger partial charge is 0.126 e. The third-order valence-electron chi connectivity index (χ3n) is 2.52. The number of hydrogen-bond donors (Lipinski definition) is 2. The molecule has 1 rings (SSSR count). The zero-order valence-electron chi connectivity index (χ0n) is 11.3. The molecule has 0 saturated carbocycles. The van der Waals surface area contributed by atoms with E-state index in [-0.39, 0.29) is 6.61 Å². The van der Waals surface area contributed by atoms with Crippen LogP contribution in [-0.2, 0) is 6.54 Å². The maximum atomic E-state index is 8.86. The summed E-state index contributed by atoms with van der Waals surface area (Å²) in [4.78, 5) is 0. The largest absolute Gasteiger partial charge is 0.491 e. The van der Waals surface area contributed by atoms with Gasteiger partial charge in [-0.3, -0.25) is 0 Å². The van der Waals surface area contributed by atoms with Gasteiger partial charge in [0.1, 0.15) is 12.4 Å². The Labute approximate surface area is 118 Å². The van der Waals surface area contributed by atoms with Crippen LogP contribution in [0, 0.1) is 12.8 Å². The van der Waals surface area contributed by atoms with Gasteiger partial charge in [0.25, 0.3) is 0 Å². The zero-order valence-corrected chi connectivity index (χ0v) is 12.9. The Hall–Kier alpha value is -0.580. The van der Waals surface area contributed by atoms with Gasteiger partial charge >= 0.3 is 0 Å². The summed E-state index contributed by atoms with van der Waals surface area (Å²) >= 11 is 3.50. The van der Waals surface area contributed by atoms with Gasteiger partial charge in [-0.05, 0) is 37.1 Å². The first-order valence-corrected chi connectivity index (χ1v) is 7.07. The van der Waals surface area contributed by atoms with Crippen LogP contribution >= 0.6 is 15.9 Å². The lowest BCUT2D eigenvalue weighted by Crippen LogP contribution is -2.20. The first-order chi connectivity index (χ1) is 8.54. The molecule has 1 aromatic rings. The van der Waals surface area contributed by atoms with Crippen molar-refractivity contribution in [2.45, 2.75) is 27.3 Å². The minimum Gasteiger partial charge on any atom is -0.491 e. The van der Waals surface area contributed by atoms with Crippen molar-refractivity contribution in [1.29, 1.82) is 0 Å². The second kappa shape index (κ2) is 7.77. The summed E-state index contributed by atoms with van der Waals surface area (Å²) < 4.78 is 6.67. The minimum absolute atomic E-state index is 0.0361. The Balaban J connectivity index is 2.78. The summed E-state index contributed by atoms with van der Waals surface area (Å²) in [5.41, 5.74) is 2.20. The summed E-state index contributed by atoms with van der Waals surface area (Å²) in [7, 11) is 0. The molecule has 0 radical (unpaired) electrons. The third kappa shape index (κ3) is 4.96. The zero-order chi connectivity index (χ0) is 13.5. The lowest BCUT2D eigenvalue weighted by Gasteiger charge is -2.15. The Morgan fingerprint density at radius 2 is 2.11 bits per heavy atom. The molecular weight excluding hydrogens is 294 g/mol. The van der Waals surface area contributed by atoms with Gasteiger partial charge in [-0.15, -0.1) is 0 Å². The van der Waals surface area contributed by atoms with Crippen LogP contribution in [0.15, 0.2) is 16.6 Å². The molecule has 0 aromatic heterocycles. The van der Waals surface area contributed by atoms with Gasteiger partial charge in [0.15, 0.2) is 0 Å². The molecule has 0 unspecified atom stereocenters. The van der Waals surface area contributed by atoms with E-state index >= 15 is 0 Å². The molecule has 0 aliphatic heterocycles. The monoisotopic (exact) mass is 315 g/mol. The van der Waals surface area contributed by atoms with Gasteiger partial charge in [-0.1, -0.05) is 29.8 Å². The van der Waals surface area contributed by atoms with E-state index in [1.807, 2.05) is 13.0 Å². The average molecular weight is 316 g/mol. The van der Waals surface area contributed by atoms with E-state index in [4.69, 9.17) is 9.84 Å². The Bertz CT molecular complexity index is 380. The molecular formula is C14H22BrNO2. The standard InChI is InChI=1S/C14H22BrNO2/c1-10(2)8-16-9-12-7-13(15)6-11(3)14(12)18-5-4-17/h6-7,10,16-17H,4-5,8-9H2,1-3H3. The molecule has 0 fully saturated rings. The van der Waals surface area contributed by atoms with E-state index in [9.17, 15) is 0 Å². The molecule has 18 heavy (non-hydrogen) atoms. The quantitative estimate of drug-likeness (QED) is 0.813. The second-order valence-electron chi connectivity index (χ2n) is 4.81. The summed E-state index contributed by atoms with van der Waals surface area (Å²) in [5, 5.41) is 12.3. The summed E-state index contributed by atoms with van der Waals surface area (Å²) in [6.07, 6.45) is 0. The normalized spacial score (nSPS) is 11.0. The molecule has 1 aromatic carbocycles. The average Bonchev–Trinajstić information content (AvgIpc) is 2.27. The van der Waals surface area contributed by atoms with Gasteiger partial charge in [0.2, 0.25) is 0 Å². The molecule has 0 spiro atoms. The van der Waals surface area contributed by atoms with Gasteiger partial charge in [0, 0.05) is 16.6 Å². The van der Waals surface area contributed by atoms with E-state index in [0.29, 0.717) is 12.5 Å². The SMILES string of the molecule is Cc1cc(Br)cc(CNCC(C)C)c1OCCO. The molecule has 0 atom stereocenters. The number of halogens is 1. The highest BCUT2D eigenvalue weighted by molar-refractivity contribution is 9.10. The molecule has 0 aliphatic rings. The van der Waals surface area contributed by atoms with Crippen LogP contribution in [0.2, 0.25) is 0 Å². The fourth-order valence-electron chi connectivity index (χ4n) is 1.78. The van der Waals surface area contributed by atoms with Gasteiger partial charge in [-0.2, -0.15) is 0 Å². The summed E-state index contributed by atoms with van der Waals surface area (Å²) in [6.45, 7) is 8.51. The van der Waals surface area contributed by atoms with Crippen LogP contribution < -0.4 is 10.1 Å². The van der Waals surface area contributed by atoms with Gasteiger partial charge in [-0.25, -0.2) is 0 Å². The first-order valence-electron chi connectivity index (χ1n) is 6.28. The maximum Gasteiger partial charge on any atom is 0.126 e. The Morgan fingerprint density at radius 3 is 2.72 bits per heavy atom. The van der Waals surface area contributed by atoms with Crippen LogP contribution in [0.1, 0.15) is 25.0 Å². The molecule has 3 nitrogen and oxygen atoms in total. The number of aliphatic hydroxyl groups excluding tert-OH is 1. The predicted molar refractivity (Wildman–Crippen MR) is 78.0 cm³/mol. The molecule has 2 N–H and O–H groups in total. The molecule has 0 amide bonds. The minimum atomic E-state index is 0.0361. The number of hydrogen-bond acceptors (Lipinski definition) is 3. The number of aliphatic hydroxyl groups is 1. The van der Waals surface area contributed by atoms with Crippen molar-refractivity contribution in [3.8, 4) is 5.75 Å². The number of aryl methyl sites for hydroxylation is 1. The number of rotatable bonds is 7. The van der Waals surface area contributed by atoms with Crippen LogP contribution in [-0.4, -0.2) is 24.9 Å². The fraction of sp³-hybridized carbons (Fsp3) is 0.571. The highest BCUT2D eigenvalue weighted by atomic mass is 79.9. The molecule has 0 bridgehead atoms. The van der Waals surface area contributed by atoms with Crippen LogP contribution in [0.5, 0.6) is 5.75 Å². The van der Waals surface area contributed by atoms with E-state index in [1.165, 1.54) is 0 Å². The number of ether oxygens (including phenoxy) is 1. The summed E-state index contributed by atoms with van der Waals surface area (Å²) in [6, 6.07) is 4.09. The molecule has 0 saturated heterocycles. The fourth-order valence-corrected chi connectivity index (χ4v) is 2.40. The van der Waals surface area contributed by atoms with Crippen LogP contribution in [0.4, 0.5) is 0 Å². The predicted octanol–water partition coefficient (Wildman–Crippen LogP) is 2.87. The van der Waals surface area contributed by atoms with Crippen LogP contribution in [0.25, 0.3) is 0 Å². The van der Waals surface area contributed by atoms with Crippen molar-refractivity contribution in [3.63, 3.8) is 0 Å². The number of nitrogens with one attached hydrogen (secondary N) is 1. The molecule has 102 valence electrons. The lowest BCUT2D eigenvalue weighted by molar-refractivity contribution is 0.199. The van der Waals surface area contributed by atoms with Crippen molar-refractivity contribution >= 4 is 15.9 Å². The highest BCUT2D eigenvalue weighted by Gasteiger charge is 2.09. The van der Waals surface area contributed by atoms with Gasteiger partial charge in [0.05, 0.1) is 6.61 Å². The Kier molecular flexibility index (Phi) is 6.68. The van der Waals surface area contributed by atoms with Crippen molar-refractivity contribution < 1.29 is 9.84 Å². The highest BCUT2D eigenvalue weighted by Crippen LogP contribution is 2.28. The third-order valence-corrected chi connectivity index (χ3v) is 2.98. The van der Waals surface area contributed by atoms with Crippen molar-refractivity contribution in [1.82, 2.24) is 5.32 Å². The van der Waals surface area contributed by atoms with E-state index in [0.717, 1.165) is 34.4 Å². The van der Waals surface area contributed by atoms with Crippen LogP contribution in [0.3, 0.4) is 0 Å². The van der Waals surface area contributed by atoms with E-state index < -0.39 is 0 Å². The van der Waals surface area contributed by atoms with Crippen molar-refractivity contribution in [2.24, 2.45) is 5.92 Å². The van der Waals surface area contributed by atoms with Crippen molar-refractivity contribution in [3.05, 3.63) is 27.7 Å². The summed E-state index contributed by atoms with van der Waals surface area (Å²) in [5.74, 6) is 1.50. The van der Waals surface area contributed by atoms with Gasteiger partial charge < -0.3 is 15.2 Å². The van der Waals surface area contributed by atoms with Crippen molar-refractivity contribution in [2.75, 3.05) is 19.8 Å². The lowest BCUT2D eigenvalue weighted by atomic mass is 10.1. The first kappa shape index (κ1) is 15.5. The topological polar surface area (TPSA) is 41.5 Å². The molecule has 0 heterocycles. The molecule has 4 heteroatoms. The second-order valence-corrected chi connectivity index (χ2v) is 5.72.